The SMILES string of the molecule is CCC(C)(C)C1CCC(NC(=O)c2ccnc(C)n2)CC1. The van der Waals surface area contributed by atoms with Crippen molar-refractivity contribution in [1.29, 1.82) is 0 Å². The number of carbonyl (C=O) groups is 1. The fourth-order valence-corrected chi connectivity index (χ4v) is 3.15. The lowest BCUT2D eigenvalue weighted by Gasteiger charge is -2.39. The molecule has 1 heterocycles. The molecule has 1 aromatic rings. The van der Waals surface area contributed by atoms with Crippen molar-refractivity contribution < 1.29 is 4.79 Å². The van der Waals surface area contributed by atoms with Crippen molar-refractivity contribution in [2.45, 2.75) is 65.8 Å². The zero-order chi connectivity index (χ0) is 15.5. The van der Waals surface area contributed by atoms with Crippen LogP contribution in [0.4, 0.5) is 0 Å². The van der Waals surface area contributed by atoms with Crippen LogP contribution in [-0.2, 0) is 0 Å². The quantitative estimate of drug-likeness (QED) is 0.922. The second-order valence-corrected chi connectivity index (χ2v) is 6.85. The molecule has 1 aliphatic rings. The van der Waals surface area contributed by atoms with E-state index in [2.05, 4.69) is 36.1 Å². The summed E-state index contributed by atoms with van der Waals surface area (Å²) in [5.41, 5.74) is 0.886. The van der Waals surface area contributed by atoms with E-state index >= 15 is 0 Å². The second kappa shape index (κ2) is 6.54. The monoisotopic (exact) mass is 289 g/mol. The van der Waals surface area contributed by atoms with Crippen LogP contribution in [0.15, 0.2) is 12.3 Å². The maximum Gasteiger partial charge on any atom is 0.270 e. The predicted molar refractivity (Wildman–Crippen MR) is 84.1 cm³/mol. The van der Waals surface area contributed by atoms with Crippen LogP contribution in [-0.4, -0.2) is 21.9 Å². The minimum absolute atomic E-state index is 0.0706. The van der Waals surface area contributed by atoms with Crippen LogP contribution < -0.4 is 5.32 Å². The predicted octanol–water partition coefficient (Wildman–Crippen LogP) is 3.51. The van der Waals surface area contributed by atoms with Crippen molar-refractivity contribution in [3.8, 4) is 0 Å². The van der Waals surface area contributed by atoms with E-state index in [4.69, 9.17) is 0 Å². The van der Waals surface area contributed by atoms with Gasteiger partial charge < -0.3 is 5.32 Å². The molecule has 0 atom stereocenters. The van der Waals surface area contributed by atoms with Gasteiger partial charge in [-0.1, -0.05) is 27.2 Å². The molecule has 0 aromatic carbocycles. The number of rotatable bonds is 4. The normalized spacial score (nSPS) is 22.9. The van der Waals surface area contributed by atoms with E-state index in [1.807, 2.05) is 0 Å². The molecule has 0 bridgehead atoms. The Bertz CT molecular complexity index is 491. The molecule has 0 spiro atoms. The van der Waals surface area contributed by atoms with Crippen molar-refractivity contribution in [2.75, 3.05) is 0 Å². The minimum atomic E-state index is -0.0706. The molecule has 1 N–H and O–H groups in total. The molecule has 0 aliphatic heterocycles. The summed E-state index contributed by atoms with van der Waals surface area (Å²) >= 11 is 0. The fraction of sp³-hybridized carbons (Fsp3) is 0.706. The van der Waals surface area contributed by atoms with Crippen molar-refractivity contribution in [3.63, 3.8) is 0 Å². The van der Waals surface area contributed by atoms with Gasteiger partial charge in [0.15, 0.2) is 0 Å². The summed E-state index contributed by atoms with van der Waals surface area (Å²) in [7, 11) is 0. The summed E-state index contributed by atoms with van der Waals surface area (Å²) in [6.07, 6.45) is 7.41. The smallest absolute Gasteiger partial charge is 0.270 e. The van der Waals surface area contributed by atoms with E-state index in [1.165, 1.54) is 19.3 Å². The highest BCUT2D eigenvalue weighted by atomic mass is 16.1. The van der Waals surface area contributed by atoms with Gasteiger partial charge in [0.2, 0.25) is 0 Å². The molecule has 4 nitrogen and oxygen atoms in total. The van der Waals surface area contributed by atoms with Crippen LogP contribution in [0, 0.1) is 18.3 Å². The van der Waals surface area contributed by atoms with E-state index in [0.717, 1.165) is 18.8 Å². The Kier molecular flexibility index (Phi) is 4.96. The third kappa shape index (κ3) is 4.02. The molecule has 1 fully saturated rings. The molecule has 4 heteroatoms. The first-order valence-corrected chi connectivity index (χ1v) is 8.03. The first-order valence-electron chi connectivity index (χ1n) is 8.03. The molecule has 1 aromatic heterocycles. The van der Waals surface area contributed by atoms with E-state index in [-0.39, 0.29) is 11.9 Å². The second-order valence-electron chi connectivity index (χ2n) is 6.85. The number of amides is 1. The standard InChI is InChI=1S/C17H27N3O/c1-5-17(3,4)13-6-8-14(9-7-13)20-16(21)15-10-11-18-12(2)19-15/h10-11,13-14H,5-9H2,1-4H3,(H,20,21). The Hall–Kier alpha value is -1.45. The number of nitrogens with one attached hydrogen (secondary N) is 1. The number of aromatic nitrogens is 2. The third-order valence-corrected chi connectivity index (χ3v) is 5.09. The Balaban J connectivity index is 1.88. The first kappa shape index (κ1) is 15.9. The van der Waals surface area contributed by atoms with E-state index < -0.39 is 0 Å². The largest absolute Gasteiger partial charge is 0.348 e. The summed E-state index contributed by atoms with van der Waals surface area (Å²) in [5, 5.41) is 3.12. The van der Waals surface area contributed by atoms with Crippen molar-refractivity contribution in [1.82, 2.24) is 15.3 Å². The molecule has 21 heavy (non-hydrogen) atoms. The lowest BCUT2D eigenvalue weighted by Crippen LogP contribution is -2.40. The van der Waals surface area contributed by atoms with Crippen LogP contribution in [0.2, 0.25) is 0 Å². The van der Waals surface area contributed by atoms with Gasteiger partial charge >= 0.3 is 0 Å². The summed E-state index contributed by atoms with van der Waals surface area (Å²) < 4.78 is 0. The van der Waals surface area contributed by atoms with Gasteiger partial charge in [-0.2, -0.15) is 0 Å². The average Bonchev–Trinajstić information content (AvgIpc) is 2.48. The van der Waals surface area contributed by atoms with Crippen LogP contribution >= 0.6 is 0 Å². The Morgan fingerprint density at radius 1 is 1.33 bits per heavy atom. The summed E-state index contributed by atoms with van der Waals surface area (Å²) in [6.45, 7) is 8.79. The topological polar surface area (TPSA) is 54.9 Å². The zero-order valence-corrected chi connectivity index (χ0v) is 13.6. The molecule has 2 rings (SSSR count). The molecule has 0 radical (unpaired) electrons. The molecule has 1 amide bonds. The van der Waals surface area contributed by atoms with Crippen LogP contribution in [0.1, 0.15) is 69.2 Å². The summed E-state index contributed by atoms with van der Waals surface area (Å²) in [6, 6.07) is 1.96. The van der Waals surface area contributed by atoms with Crippen molar-refractivity contribution >= 4 is 5.91 Å². The summed E-state index contributed by atoms with van der Waals surface area (Å²) in [4.78, 5) is 20.4. The van der Waals surface area contributed by atoms with Crippen molar-refractivity contribution in [3.05, 3.63) is 23.8 Å². The van der Waals surface area contributed by atoms with Crippen LogP contribution in [0.3, 0.4) is 0 Å². The highest BCUT2D eigenvalue weighted by Crippen LogP contribution is 2.40. The lowest BCUT2D eigenvalue weighted by atomic mass is 9.69. The Morgan fingerprint density at radius 2 is 2.00 bits per heavy atom. The molecule has 0 unspecified atom stereocenters. The number of nitrogens with zero attached hydrogens (tertiary/aromatic N) is 2. The van der Waals surface area contributed by atoms with Gasteiger partial charge in [0.1, 0.15) is 11.5 Å². The number of hydrogen-bond acceptors (Lipinski definition) is 3. The van der Waals surface area contributed by atoms with E-state index in [1.54, 1.807) is 19.2 Å². The molecular formula is C17H27N3O. The molecular weight excluding hydrogens is 262 g/mol. The highest BCUT2D eigenvalue weighted by molar-refractivity contribution is 5.92. The number of carbonyl (C=O) groups excluding carboxylic acids is 1. The highest BCUT2D eigenvalue weighted by Gasteiger charge is 2.32. The number of aryl methyl sites for hydroxylation is 1. The third-order valence-electron chi connectivity index (χ3n) is 5.09. The number of hydrogen-bond donors (Lipinski definition) is 1. The molecule has 116 valence electrons. The summed E-state index contributed by atoms with van der Waals surface area (Å²) in [5.74, 6) is 1.34. The van der Waals surface area contributed by atoms with Gasteiger partial charge in [0.25, 0.3) is 5.91 Å². The van der Waals surface area contributed by atoms with Gasteiger partial charge in [0, 0.05) is 12.2 Å². The van der Waals surface area contributed by atoms with Crippen LogP contribution in [0.5, 0.6) is 0 Å². The fourth-order valence-electron chi connectivity index (χ4n) is 3.15. The lowest BCUT2D eigenvalue weighted by molar-refractivity contribution is 0.0888. The zero-order valence-electron chi connectivity index (χ0n) is 13.6. The van der Waals surface area contributed by atoms with Gasteiger partial charge in [-0.05, 0) is 50.0 Å². The molecule has 1 aliphatic carbocycles. The van der Waals surface area contributed by atoms with Gasteiger partial charge in [-0.15, -0.1) is 0 Å². The average molecular weight is 289 g/mol. The van der Waals surface area contributed by atoms with Gasteiger partial charge in [0.05, 0.1) is 0 Å². The Labute approximate surface area is 127 Å². The van der Waals surface area contributed by atoms with E-state index in [0.29, 0.717) is 16.9 Å². The maximum absolute atomic E-state index is 12.2. The molecule has 1 saturated carbocycles. The van der Waals surface area contributed by atoms with Gasteiger partial charge in [-0.25, -0.2) is 9.97 Å². The maximum atomic E-state index is 12.2. The Morgan fingerprint density at radius 3 is 2.57 bits per heavy atom. The van der Waals surface area contributed by atoms with E-state index in [9.17, 15) is 4.79 Å². The van der Waals surface area contributed by atoms with Gasteiger partial charge in [-0.3, -0.25) is 4.79 Å². The molecule has 0 saturated heterocycles. The van der Waals surface area contributed by atoms with Crippen LogP contribution in [0.25, 0.3) is 0 Å². The minimum Gasteiger partial charge on any atom is -0.348 e. The first-order chi connectivity index (χ1) is 9.92. The van der Waals surface area contributed by atoms with Crippen molar-refractivity contribution in [2.24, 2.45) is 11.3 Å².